The van der Waals surface area contributed by atoms with Gasteiger partial charge in [-0.05, 0) is 24.3 Å². The highest BCUT2D eigenvalue weighted by Gasteiger charge is 2.30. The molecule has 0 atom stereocenters. The summed E-state index contributed by atoms with van der Waals surface area (Å²) in [5, 5.41) is 0.980. The van der Waals surface area contributed by atoms with Crippen LogP contribution in [-0.2, 0) is 4.79 Å². The lowest BCUT2D eigenvalue weighted by Crippen LogP contribution is -2.25. The summed E-state index contributed by atoms with van der Waals surface area (Å²) in [4.78, 5) is 18.3. The van der Waals surface area contributed by atoms with E-state index in [1.54, 1.807) is 30.1 Å². The van der Waals surface area contributed by atoms with E-state index in [0.29, 0.717) is 21.4 Å². The Morgan fingerprint density at radius 2 is 1.70 bits per heavy atom. The van der Waals surface area contributed by atoms with Gasteiger partial charge in [-0.3, -0.25) is 4.79 Å². The fourth-order valence-electron chi connectivity index (χ4n) is 2.19. The van der Waals surface area contributed by atoms with Gasteiger partial charge in [0.05, 0.1) is 11.4 Å². The van der Waals surface area contributed by atoms with Crippen LogP contribution in [0, 0.1) is 0 Å². The van der Waals surface area contributed by atoms with Crippen LogP contribution >= 0.6 is 23.2 Å². The van der Waals surface area contributed by atoms with Crippen LogP contribution in [0.5, 0.6) is 0 Å². The zero-order chi connectivity index (χ0) is 14.3. The third-order valence-electron chi connectivity index (χ3n) is 3.12. The minimum absolute atomic E-state index is 0.137. The first-order chi connectivity index (χ1) is 9.56. The maximum atomic E-state index is 12.3. The molecule has 1 aliphatic rings. The third kappa shape index (κ3) is 2.19. The highest BCUT2D eigenvalue weighted by Crippen LogP contribution is 2.31. The van der Waals surface area contributed by atoms with Crippen LogP contribution < -0.4 is 4.90 Å². The highest BCUT2D eigenvalue weighted by atomic mass is 35.5. The van der Waals surface area contributed by atoms with E-state index in [1.807, 2.05) is 24.3 Å². The Bertz CT molecular complexity index is 720. The average molecular weight is 305 g/mol. The Morgan fingerprint density at radius 1 is 1.05 bits per heavy atom. The second-order valence-electron chi connectivity index (χ2n) is 4.47. The van der Waals surface area contributed by atoms with E-state index in [0.717, 1.165) is 11.3 Å². The Balaban J connectivity index is 2.14. The molecule has 0 spiro atoms. The van der Waals surface area contributed by atoms with Crippen LogP contribution in [0.25, 0.3) is 0 Å². The minimum atomic E-state index is -0.137. The van der Waals surface area contributed by atoms with Gasteiger partial charge in [-0.1, -0.05) is 41.4 Å². The molecule has 1 amide bonds. The number of benzene rings is 2. The number of carbonyl (C=O) groups excluding carboxylic acids is 1. The largest absolute Gasteiger partial charge is 0.309 e. The first-order valence-corrected chi connectivity index (χ1v) is 6.74. The van der Waals surface area contributed by atoms with Crippen molar-refractivity contribution in [1.82, 2.24) is 0 Å². The molecule has 0 fully saturated rings. The lowest BCUT2D eigenvalue weighted by Gasteiger charge is -2.07. The molecule has 0 aliphatic carbocycles. The van der Waals surface area contributed by atoms with Gasteiger partial charge in [-0.25, -0.2) is 4.99 Å². The molecule has 0 aromatic heterocycles. The quantitative estimate of drug-likeness (QED) is 0.781. The second kappa shape index (κ2) is 4.93. The molecule has 100 valence electrons. The predicted octanol–water partition coefficient (Wildman–Crippen LogP) is 4.09. The molecule has 0 saturated carbocycles. The van der Waals surface area contributed by atoms with Crippen LogP contribution in [0.15, 0.2) is 47.5 Å². The van der Waals surface area contributed by atoms with Gasteiger partial charge in [-0.2, -0.15) is 0 Å². The van der Waals surface area contributed by atoms with E-state index in [9.17, 15) is 4.79 Å². The van der Waals surface area contributed by atoms with Crippen LogP contribution in [0.4, 0.5) is 11.4 Å². The van der Waals surface area contributed by atoms with E-state index >= 15 is 0 Å². The SMILES string of the molecule is CN1C(=O)C(=Nc2cc(Cl)cc(Cl)c2)c2ccccc21. The summed E-state index contributed by atoms with van der Waals surface area (Å²) >= 11 is 11.9. The van der Waals surface area contributed by atoms with Crippen molar-refractivity contribution in [2.75, 3.05) is 11.9 Å². The summed E-state index contributed by atoms with van der Waals surface area (Å²) in [6.45, 7) is 0. The Kier molecular flexibility index (Phi) is 3.24. The second-order valence-corrected chi connectivity index (χ2v) is 5.34. The number of halogens is 2. The molecule has 2 aromatic carbocycles. The van der Waals surface area contributed by atoms with Crippen molar-refractivity contribution in [2.45, 2.75) is 0 Å². The number of amides is 1. The maximum Gasteiger partial charge on any atom is 0.277 e. The number of hydrogen-bond acceptors (Lipinski definition) is 2. The van der Waals surface area contributed by atoms with Gasteiger partial charge in [0.2, 0.25) is 0 Å². The van der Waals surface area contributed by atoms with Crippen LogP contribution in [0.3, 0.4) is 0 Å². The van der Waals surface area contributed by atoms with Gasteiger partial charge in [-0.15, -0.1) is 0 Å². The van der Waals surface area contributed by atoms with E-state index in [-0.39, 0.29) is 5.91 Å². The monoisotopic (exact) mass is 304 g/mol. The van der Waals surface area contributed by atoms with Crippen LogP contribution in [0.2, 0.25) is 10.0 Å². The summed E-state index contributed by atoms with van der Waals surface area (Å²) in [7, 11) is 1.73. The van der Waals surface area contributed by atoms with Crippen molar-refractivity contribution in [2.24, 2.45) is 4.99 Å². The number of likely N-dealkylation sites (N-methyl/N-ethyl adjacent to an activating group) is 1. The molecule has 0 saturated heterocycles. The first kappa shape index (κ1) is 13.2. The summed E-state index contributed by atoms with van der Waals surface area (Å²) in [5.74, 6) is -0.137. The smallest absolute Gasteiger partial charge is 0.277 e. The third-order valence-corrected chi connectivity index (χ3v) is 3.55. The van der Waals surface area contributed by atoms with Crippen molar-refractivity contribution in [3.05, 3.63) is 58.1 Å². The molecule has 0 radical (unpaired) electrons. The number of anilines is 1. The number of nitrogens with zero attached hydrogens (tertiary/aromatic N) is 2. The zero-order valence-corrected chi connectivity index (χ0v) is 12.1. The summed E-state index contributed by atoms with van der Waals surface area (Å²) in [6.07, 6.45) is 0. The number of carbonyl (C=O) groups is 1. The molecule has 0 N–H and O–H groups in total. The van der Waals surface area contributed by atoms with Crippen LogP contribution in [-0.4, -0.2) is 18.7 Å². The van der Waals surface area contributed by atoms with Gasteiger partial charge in [0, 0.05) is 22.7 Å². The zero-order valence-electron chi connectivity index (χ0n) is 10.6. The highest BCUT2D eigenvalue weighted by molar-refractivity contribution is 6.54. The molecule has 1 aliphatic heterocycles. The number of para-hydroxylation sites is 1. The molecule has 5 heteroatoms. The van der Waals surface area contributed by atoms with Gasteiger partial charge in [0.25, 0.3) is 5.91 Å². The topological polar surface area (TPSA) is 32.7 Å². The predicted molar refractivity (Wildman–Crippen MR) is 82.5 cm³/mol. The van der Waals surface area contributed by atoms with Crippen molar-refractivity contribution in [1.29, 1.82) is 0 Å². The minimum Gasteiger partial charge on any atom is -0.309 e. The van der Waals surface area contributed by atoms with Crippen molar-refractivity contribution in [3.63, 3.8) is 0 Å². The summed E-state index contributed by atoms with van der Waals surface area (Å²) in [6, 6.07) is 12.5. The summed E-state index contributed by atoms with van der Waals surface area (Å²) < 4.78 is 0. The number of aliphatic imine (C=N–C) groups is 1. The molecule has 20 heavy (non-hydrogen) atoms. The van der Waals surface area contributed by atoms with Crippen molar-refractivity contribution < 1.29 is 4.79 Å². The molecule has 0 bridgehead atoms. The fourth-order valence-corrected chi connectivity index (χ4v) is 2.71. The Hall–Kier alpha value is -1.84. The molecular formula is C15H10Cl2N2O. The van der Waals surface area contributed by atoms with E-state index < -0.39 is 0 Å². The lowest BCUT2D eigenvalue weighted by molar-refractivity contribution is -0.111. The normalized spacial score (nSPS) is 15.8. The fraction of sp³-hybridized carbons (Fsp3) is 0.0667. The van der Waals surface area contributed by atoms with E-state index in [1.165, 1.54) is 0 Å². The van der Waals surface area contributed by atoms with Gasteiger partial charge in [0.1, 0.15) is 5.71 Å². The molecule has 3 nitrogen and oxygen atoms in total. The average Bonchev–Trinajstić information content (AvgIpc) is 2.64. The Morgan fingerprint density at radius 3 is 2.40 bits per heavy atom. The summed E-state index contributed by atoms with van der Waals surface area (Å²) in [5.41, 5.74) is 2.64. The maximum absolute atomic E-state index is 12.3. The Labute approximate surface area is 126 Å². The van der Waals surface area contributed by atoms with Gasteiger partial charge >= 0.3 is 0 Å². The van der Waals surface area contributed by atoms with Crippen LogP contribution in [0.1, 0.15) is 5.56 Å². The number of rotatable bonds is 1. The number of fused-ring (bicyclic) bond motifs is 1. The van der Waals surface area contributed by atoms with Gasteiger partial charge in [0.15, 0.2) is 0 Å². The number of hydrogen-bond donors (Lipinski definition) is 0. The first-order valence-electron chi connectivity index (χ1n) is 5.98. The molecule has 1 heterocycles. The van der Waals surface area contributed by atoms with E-state index in [4.69, 9.17) is 23.2 Å². The van der Waals surface area contributed by atoms with Crippen molar-refractivity contribution in [3.8, 4) is 0 Å². The molecule has 3 rings (SSSR count). The molecule has 0 unspecified atom stereocenters. The van der Waals surface area contributed by atoms with Gasteiger partial charge < -0.3 is 4.90 Å². The molecular weight excluding hydrogens is 295 g/mol. The molecule has 2 aromatic rings. The standard InChI is InChI=1S/C15H10Cl2N2O/c1-19-13-5-3-2-4-12(13)14(15(19)20)18-11-7-9(16)6-10(17)8-11/h2-8H,1H3. The van der Waals surface area contributed by atoms with E-state index in [2.05, 4.69) is 4.99 Å². The van der Waals surface area contributed by atoms with Crippen molar-refractivity contribution >= 4 is 46.2 Å². The lowest BCUT2D eigenvalue weighted by atomic mass is 10.1.